The van der Waals surface area contributed by atoms with E-state index in [-0.39, 0.29) is 16.5 Å². The van der Waals surface area contributed by atoms with Gasteiger partial charge in [-0.2, -0.15) is 0 Å². The molecule has 0 heterocycles. The van der Waals surface area contributed by atoms with Gasteiger partial charge < -0.3 is 4.74 Å². The maximum atomic E-state index is 13.6. The Balaban J connectivity index is 2.30. The van der Waals surface area contributed by atoms with Crippen LogP contribution in [0, 0.1) is 5.82 Å². The van der Waals surface area contributed by atoms with Crippen molar-refractivity contribution in [1.82, 2.24) is 4.72 Å². The Hall–Kier alpha value is -1.47. The number of methoxy groups -OCH3 is 1. The van der Waals surface area contributed by atoms with E-state index in [4.69, 9.17) is 0 Å². The zero-order valence-electron chi connectivity index (χ0n) is 9.64. The fourth-order valence-electron chi connectivity index (χ4n) is 1.43. The van der Waals surface area contributed by atoms with Gasteiger partial charge in [0.15, 0.2) is 0 Å². The number of esters is 1. The van der Waals surface area contributed by atoms with Crippen LogP contribution in [0.25, 0.3) is 0 Å². The van der Waals surface area contributed by atoms with Crippen LogP contribution in [-0.2, 0) is 14.8 Å². The molecule has 5 nitrogen and oxygen atoms in total. The Morgan fingerprint density at radius 1 is 1.44 bits per heavy atom. The van der Waals surface area contributed by atoms with Gasteiger partial charge in [0.2, 0.25) is 10.0 Å². The van der Waals surface area contributed by atoms with E-state index in [1.165, 1.54) is 6.07 Å². The van der Waals surface area contributed by atoms with Gasteiger partial charge in [-0.25, -0.2) is 22.3 Å². The van der Waals surface area contributed by atoms with Crippen LogP contribution in [0.1, 0.15) is 23.2 Å². The van der Waals surface area contributed by atoms with Crippen LogP contribution in [0.5, 0.6) is 0 Å². The predicted molar refractivity (Wildman–Crippen MR) is 61.1 cm³/mol. The van der Waals surface area contributed by atoms with E-state index in [0.29, 0.717) is 0 Å². The molecule has 0 unspecified atom stereocenters. The molecule has 7 heteroatoms. The smallest absolute Gasteiger partial charge is 0.340 e. The van der Waals surface area contributed by atoms with Crippen molar-refractivity contribution in [3.8, 4) is 0 Å². The lowest BCUT2D eigenvalue weighted by Gasteiger charge is -2.07. The Morgan fingerprint density at radius 3 is 2.61 bits per heavy atom. The van der Waals surface area contributed by atoms with Crippen molar-refractivity contribution in [3.63, 3.8) is 0 Å². The van der Waals surface area contributed by atoms with E-state index in [1.807, 2.05) is 0 Å². The number of carbonyl (C=O) groups excluding carboxylic acids is 1. The minimum atomic E-state index is -3.71. The van der Waals surface area contributed by atoms with Crippen LogP contribution >= 0.6 is 0 Å². The summed E-state index contributed by atoms with van der Waals surface area (Å²) in [5.74, 6) is -1.76. The first kappa shape index (κ1) is 13.0. The highest BCUT2D eigenvalue weighted by atomic mass is 32.2. The molecule has 1 aliphatic carbocycles. The highest BCUT2D eigenvalue weighted by Crippen LogP contribution is 2.23. The number of sulfonamides is 1. The quantitative estimate of drug-likeness (QED) is 0.832. The molecule has 1 aliphatic rings. The van der Waals surface area contributed by atoms with Crippen molar-refractivity contribution < 1.29 is 22.3 Å². The number of rotatable bonds is 4. The number of benzene rings is 1. The van der Waals surface area contributed by atoms with Crippen molar-refractivity contribution >= 4 is 16.0 Å². The summed E-state index contributed by atoms with van der Waals surface area (Å²) in [6.45, 7) is 0. The van der Waals surface area contributed by atoms with Crippen molar-refractivity contribution in [2.45, 2.75) is 23.8 Å². The van der Waals surface area contributed by atoms with E-state index in [9.17, 15) is 17.6 Å². The van der Waals surface area contributed by atoms with Gasteiger partial charge in [-0.3, -0.25) is 0 Å². The van der Waals surface area contributed by atoms with Crippen LogP contribution in [0.4, 0.5) is 4.39 Å². The normalized spacial score (nSPS) is 15.4. The zero-order chi connectivity index (χ0) is 13.3. The van der Waals surface area contributed by atoms with E-state index in [1.54, 1.807) is 0 Å². The second-order valence-corrected chi connectivity index (χ2v) is 5.74. The number of hydrogen-bond acceptors (Lipinski definition) is 4. The van der Waals surface area contributed by atoms with Gasteiger partial charge in [0.1, 0.15) is 5.82 Å². The number of nitrogens with one attached hydrogen (secondary N) is 1. The van der Waals surface area contributed by atoms with Gasteiger partial charge in [-0.15, -0.1) is 0 Å². The van der Waals surface area contributed by atoms with E-state index >= 15 is 0 Å². The molecule has 2 rings (SSSR count). The molecular weight excluding hydrogens is 261 g/mol. The third kappa shape index (κ3) is 2.68. The molecule has 0 radical (unpaired) electrons. The summed E-state index contributed by atoms with van der Waals surface area (Å²) in [5.41, 5.74) is -0.289. The molecule has 1 aromatic carbocycles. The summed E-state index contributed by atoms with van der Waals surface area (Å²) in [4.78, 5) is 11.0. The standard InChI is InChI=1S/C11H12FNO4S/c1-17-11(14)9-5-4-8(6-10(9)12)18(15,16)13-7-2-3-7/h4-7,13H,2-3H2,1H3. The molecule has 0 spiro atoms. The van der Waals surface area contributed by atoms with E-state index in [0.717, 1.165) is 32.1 Å². The number of hydrogen-bond donors (Lipinski definition) is 1. The second-order valence-electron chi connectivity index (χ2n) is 4.03. The molecule has 0 bridgehead atoms. The topological polar surface area (TPSA) is 72.5 Å². The fourth-order valence-corrected chi connectivity index (χ4v) is 2.74. The van der Waals surface area contributed by atoms with E-state index in [2.05, 4.69) is 9.46 Å². The number of carbonyl (C=O) groups is 1. The Labute approximate surface area is 104 Å². The average molecular weight is 273 g/mol. The van der Waals surface area contributed by atoms with Gasteiger partial charge in [0.05, 0.1) is 17.6 Å². The Bertz CT molecular complexity index is 581. The summed E-state index contributed by atoms with van der Waals surface area (Å²) < 4.78 is 44.0. The molecule has 0 amide bonds. The average Bonchev–Trinajstić information content (AvgIpc) is 3.11. The molecule has 0 aromatic heterocycles. The molecule has 98 valence electrons. The van der Waals surface area contributed by atoms with Crippen molar-refractivity contribution in [2.24, 2.45) is 0 Å². The zero-order valence-corrected chi connectivity index (χ0v) is 10.5. The maximum Gasteiger partial charge on any atom is 0.340 e. The first-order chi connectivity index (χ1) is 8.44. The summed E-state index contributed by atoms with van der Waals surface area (Å²) in [6.07, 6.45) is 1.59. The maximum absolute atomic E-state index is 13.6. The number of halogens is 1. The molecule has 0 aliphatic heterocycles. The van der Waals surface area contributed by atoms with Gasteiger partial charge in [0, 0.05) is 6.04 Å². The van der Waals surface area contributed by atoms with Crippen LogP contribution < -0.4 is 4.72 Å². The highest BCUT2D eigenvalue weighted by molar-refractivity contribution is 7.89. The molecule has 0 atom stereocenters. The highest BCUT2D eigenvalue weighted by Gasteiger charge is 2.28. The number of ether oxygens (including phenoxy) is 1. The van der Waals surface area contributed by atoms with Crippen molar-refractivity contribution in [3.05, 3.63) is 29.6 Å². The fraction of sp³-hybridized carbons (Fsp3) is 0.364. The van der Waals surface area contributed by atoms with Gasteiger partial charge >= 0.3 is 5.97 Å². The largest absolute Gasteiger partial charge is 0.465 e. The molecule has 1 fully saturated rings. The minimum Gasteiger partial charge on any atom is -0.465 e. The van der Waals surface area contributed by atoms with Gasteiger partial charge in [0.25, 0.3) is 0 Å². The molecule has 1 aromatic rings. The predicted octanol–water partition coefficient (Wildman–Crippen LogP) is 1.05. The molecule has 18 heavy (non-hydrogen) atoms. The third-order valence-corrected chi connectivity index (χ3v) is 4.07. The van der Waals surface area contributed by atoms with E-state index < -0.39 is 21.8 Å². The first-order valence-electron chi connectivity index (χ1n) is 5.34. The molecule has 1 N–H and O–H groups in total. The van der Waals surface area contributed by atoms with Crippen molar-refractivity contribution in [2.75, 3.05) is 7.11 Å². The van der Waals surface area contributed by atoms with Crippen LogP contribution in [0.2, 0.25) is 0 Å². The lowest BCUT2D eigenvalue weighted by Crippen LogP contribution is -2.26. The van der Waals surface area contributed by atoms with Crippen LogP contribution in [-0.4, -0.2) is 27.5 Å². The Kier molecular flexibility index (Phi) is 3.36. The summed E-state index contributed by atoms with van der Waals surface area (Å²) in [5, 5.41) is 0. The lowest BCUT2D eigenvalue weighted by molar-refractivity contribution is 0.0595. The third-order valence-electron chi connectivity index (χ3n) is 2.56. The van der Waals surface area contributed by atoms with Gasteiger partial charge in [-0.1, -0.05) is 0 Å². The van der Waals surface area contributed by atoms with Crippen LogP contribution in [0.3, 0.4) is 0 Å². The monoisotopic (exact) mass is 273 g/mol. The molecule has 1 saturated carbocycles. The second kappa shape index (κ2) is 4.66. The summed E-state index contributed by atoms with van der Waals surface area (Å²) >= 11 is 0. The summed E-state index contributed by atoms with van der Waals surface area (Å²) in [7, 11) is -2.58. The Morgan fingerprint density at radius 2 is 2.11 bits per heavy atom. The molecular formula is C11H12FNO4S. The minimum absolute atomic E-state index is 0.0571. The van der Waals surface area contributed by atoms with Crippen LogP contribution in [0.15, 0.2) is 23.1 Å². The molecule has 0 saturated heterocycles. The van der Waals surface area contributed by atoms with Gasteiger partial charge in [-0.05, 0) is 31.0 Å². The summed E-state index contributed by atoms with van der Waals surface area (Å²) in [6, 6.07) is 3.04. The lowest BCUT2D eigenvalue weighted by atomic mass is 10.2. The SMILES string of the molecule is COC(=O)c1ccc(S(=O)(=O)NC2CC2)cc1F. The first-order valence-corrected chi connectivity index (χ1v) is 6.82. The van der Waals surface area contributed by atoms with Crippen molar-refractivity contribution in [1.29, 1.82) is 0 Å².